The fourth-order valence-corrected chi connectivity index (χ4v) is 4.70. The molecule has 0 bridgehead atoms. The van der Waals surface area contributed by atoms with E-state index in [-0.39, 0.29) is 35.2 Å². The minimum absolute atomic E-state index is 0.0311. The summed E-state index contributed by atoms with van der Waals surface area (Å²) in [6, 6.07) is 12.6. The van der Waals surface area contributed by atoms with E-state index in [9.17, 15) is 25.1 Å². The van der Waals surface area contributed by atoms with Gasteiger partial charge in [-0.25, -0.2) is 4.79 Å². The van der Waals surface area contributed by atoms with E-state index >= 15 is 0 Å². The van der Waals surface area contributed by atoms with Gasteiger partial charge in [-0.05, 0) is 67.4 Å². The van der Waals surface area contributed by atoms with Crippen molar-refractivity contribution in [2.24, 2.45) is 0 Å². The van der Waals surface area contributed by atoms with Crippen LogP contribution in [0, 0.1) is 10.1 Å². The molecule has 232 valence electrons. The first-order chi connectivity index (χ1) is 19.6. The first kappa shape index (κ1) is 35.1. The molecular formula is C31H45NO9Si. The van der Waals surface area contributed by atoms with Crippen LogP contribution in [0.25, 0.3) is 0 Å². The van der Waals surface area contributed by atoms with Gasteiger partial charge in [-0.3, -0.25) is 10.1 Å². The van der Waals surface area contributed by atoms with E-state index in [0.717, 1.165) is 11.3 Å². The van der Waals surface area contributed by atoms with Crippen LogP contribution in [0.1, 0.15) is 56.5 Å². The Hall–Kier alpha value is -3.09. The summed E-state index contributed by atoms with van der Waals surface area (Å²) in [5, 5.41) is 32.1. The van der Waals surface area contributed by atoms with Crippen molar-refractivity contribution in [1.82, 2.24) is 0 Å². The number of non-ortho nitro benzene ring substituents is 1. The number of methoxy groups -OCH3 is 1. The average Bonchev–Trinajstić information content (AvgIpc) is 2.94. The lowest BCUT2D eigenvalue weighted by molar-refractivity contribution is -0.384. The number of aliphatic hydroxyl groups is 2. The van der Waals surface area contributed by atoms with Crippen LogP contribution in [0.2, 0.25) is 18.1 Å². The molecule has 42 heavy (non-hydrogen) atoms. The number of carbonyl (C=O) groups excluding carboxylic acids is 1. The quantitative estimate of drug-likeness (QED) is 0.0800. The Balaban J connectivity index is 2.06. The largest absolute Gasteiger partial charge is 0.497 e. The minimum atomic E-state index is -1.99. The van der Waals surface area contributed by atoms with Crippen LogP contribution in [0.4, 0.5) is 5.69 Å². The summed E-state index contributed by atoms with van der Waals surface area (Å²) in [6.45, 7) is 13.1. The number of carbonyl (C=O) groups is 1. The minimum Gasteiger partial charge on any atom is -0.497 e. The van der Waals surface area contributed by atoms with Crippen molar-refractivity contribution in [2.45, 2.75) is 89.7 Å². The molecule has 0 radical (unpaired) electrons. The molecule has 0 saturated carbocycles. The zero-order valence-corrected chi connectivity index (χ0v) is 26.6. The first-order valence-electron chi connectivity index (χ1n) is 14.0. The number of ether oxygens (including phenoxy) is 3. The predicted molar refractivity (Wildman–Crippen MR) is 163 cm³/mol. The van der Waals surface area contributed by atoms with Crippen LogP contribution < -0.4 is 4.74 Å². The molecule has 0 aliphatic rings. The topological polar surface area (TPSA) is 138 Å². The smallest absolute Gasteiger partial charge is 0.338 e. The summed E-state index contributed by atoms with van der Waals surface area (Å²) in [5.74, 6) is 0.0576. The third-order valence-electron chi connectivity index (χ3n) is 7.43. The fraction of sp³-hybridized carbons (Fsp3) is 0.516. The summed E-state index contributed by atoms with van der Waals surface area (Å²) < 4.78 is 22.9. The van der Waals surface area contributed by atoms with E-state index in [2.05, 4.69) is 33.9 Å². The fourth-order valence-electron chi connectivity index (χ4n) is 3.63. The molecule has 2 N–H and O–H groups in total. The highest BCUT2D eigenvalue weighted by atomic mass is 28.4. The molecule has 0 spiro atoms. The van der Waals surface area contributed by atoms with Gasteiger partial charge in [-0.2, -0.15) is 0 Å². The van der Waals surface area contributed by atoms with Crippen LogP contribution in [0.5, 0.6) is 5.75 Å². The molecule has 11 heteroatoms. The Bertz CT molecular complexity index is 1160. The number of nitrogens with zero attached hydrogens (tertiary/aromatic N) is 1. The van der Waals surface area contributed by atoms with E-state index in [1.165, 1.54) is 36.4 Å². The monoisotopic (exact) mass is 603 g/mol. The molecule has 2 rings (SSSR count). The number of esters is 1. The summed E-state index contributed by atoms with van der Waals surface area (Å²) in [6.07, 6.45) is 0.0235. The summed E-state index contributed by atoms with van der Waals surface area (Å²) in [5.41, 5.74) is 0.948. The van der Waals surface area contributed by atoms with Crippen LogP contribution in [-0.2, 0) is 20.5 Å². The molecule has 0 aliphatic carbocycles. The third-order valence-corrected chi connectivity index (χ3v) is 12.0. The molecule has 0 amide bonds. The van der Waals surface area contributed by atoms with Gasteiger partial charge in [-0.1, -0.05) is 39.0 Å². The molecule has 0 heterocycles. The molecule has 2 aromatic carbocycles. The maximum atomic E-state index is 12.8. The molecule has 10 nitrogen and oxygen atoms in total. The zero-order chi connectivity index (χ0) is 31.5. The zero-order valence-electron chi connectivity index (χ0n) is 25.6. The van der Waals surface area contributed by atoms with Gasteiger partial charge < -0.3 is 28.8 Å². The molecule has 0 aromatic heterocycles. The predicted octanol–water partition coefficient (Wildman–Crippen LogP) is 5.81. The first-order valence-corrected chi connectivity index (χ1v) is 16.9. The standard InChI is InChI=1S/C31H45NO9Si/c1-22(39-21-23-8-14-26(38-5)15-9-23)20-27(41-30(35)24-10-12-25(13-11-24)32(36)37)16-17-28(33)29(34)18-19-40-42(6,7)31(2,3)4/h8-17,22,27-29,33-34H,18-21H2,1-7H3/b17-16+/t22-,27-,28+,29+/m1/s1. The van der Waals surface area contributed by atoms with Gasteiger partial charge in [0.1, 0.15) is 11.9 Å². The van der Waals surface area contributed by atoms with Crippen LogP contribution in [0.15, 0.2) is 60.7 Å². The Kier molecular flexibility index (Phi) is 13.3. The molecule has 4 atom stereocenters. The number of nitro benzene ring substituents is 1. The number of hydrogen-bond donors (Lipinski definition) is 2. The number of nitro groups is 1. The number of aliphatic hydroxyl groups excluding tert-OH is 2. The maximum absolute atomic E-state index is 12.8. The van der Waals surface area contributed by atoms with Crippen molar-refractivity contribution < 1.29 is 38.6 Å². The van der Waals surface area contributed by atoms with Crippen LogP contribution in [0.3, 0.4) is 0 Å². The Labute approximate surface area is 249 Å². The van der Waals surface area contributed by atoms with Crippen molar-refractivity contribution in [1.29, 1.82) is 0 Å². The lowest BCUT2D eigenvalue weighted by Gasteiger charge is -2.36. The maximum Gasteiger partial charge on any atom is 0.338 e. The second-order valence-electron chi connectivity index (χ2n) is 11.8. The van der Waals surface area contributed by atoms with Gasteiger partial charge in [0.2, 0.25) is 0 Å². The van der Waals surface area contributed by atoms with Crippen molar-refractivity contribution in [3.05, 3.63) is 81.9 Å². The normalized spacial score (nSPS) is 15.2. The summed E-state index contributed by atoms with van der Waals surface area (Å²) in [4.78, 5) is 23.2. The van der Waals surface area contributed by atoms with E-state index in [1.807, 2.05) is 31.2 Å². The van der Waals surface area contributed by atoms with Gasteiger partial charge in [-0.15, -0.1) is 0 Å². The molecule has 0 fully saturated rings. The molecule has 2 aromatic rings. The number of hydrogen-bond acceptors (Lipinski definition) is 9. The highest BCUT2D eigenvalue weighted by molar-refractivity contribution is 6.74. The average molecular weight is 604 g/mol. The van der Waals surface area contributed by atoms with Gasteiger partial charge in [0, 0.05) is 25.2 Å². The second kappa shape index (κ2) is 15.9. The number of benzene rings is 2. The molecule has 0 aliphatic heterocycles. The SMILES string of the molecule is COc1ccc(CO[C@H](C)C[C@@H](/C=C/[C@H](O)[C@@H](O)CCO[Si](C)(C)C(C)(C)C)OC(=O)c2ccc([N+](=O)[O-])cc2)cc1. The van der Waals surface area contributed by atoms with E-state index in [1.54, 1.807) is 7.11 Å². The van der Waals surface area contributed by atoms with Gasteiger partial charge in [0.05, 0.1) is 42.5 Å². The lowest BCUT2D eigenvalue weighted by Crippen LogP contribution is -2.41. The molecular weight excluding hydrogens is 558 g/mol. The van der Waals surface area contributed by atoms with Crippen molar-refractivity contribution >= 4 is 20.0 Å². The lowest BCUT2D eigenvalue weighted by atomic mass is 10.1. The van der Waals surface area contributed by atoms with E-state index < -0.39 is 37.5 Å². The van der Waals surface area contributed by atoms with Crippen LogP contribution >= 0.6 is 0 Å². The number of rotatable bonds is 16. The van der Waals surface area contributed by atoms with Crippen molar-refractivity contribution in [2.75, 3.05) is 13.7 Å². The van der Waals surface area contributed by atoms with E-state index in [4.69, 9.17) is 18.6 Å². The second-order valence-corrected chi connectivity index (χ2v) is 16.6. The third kappa shape index (κ3) is 11.3. The van der Waals surface area contributed by atoms with Crippen LogP contribution in [-0.4, -0.2) is 67.6 Å². The highest BCUT2D eigenvalue weighted by Crippen LogP contribution is 2.36. The summed E-state index contributed by atoms with van der Waals surface area (Å²) >= 11 is 0. The molecule has 0 saturated heterocycles. The Morgan fingerprint density at radius 2 is 1.67 bits per heavy atom. The molecule has 0 unspecified atom stereocenters. The van der Waals surface area contributed by atoms with Crippen molar-refractivity contribution in [3.63, 3.8) is 0 Å². The highest BCUT2D eigenvalue weighted by Gasteiger charge is 2.37. The van der Waals surface area contributed by atoms with Gasteiger partial charge in [0.15, 0.2) is 8.32 Å². The Morgan fingerprint density at radius 3 is 2.21 bits per heavy atom. The summed E-state index contributed by atoms with van der Waals surface area (Å²) in [7, 11) is -0.390. The van der Waals surface area contributed by atoms with Gasteiger partial charge >= 0.3 is 5.97 Å². The van der Waals surface area contributed by atoms with Crippen molar-refractivity contribution in [3.8, 4) is 5.75 Å². The van der Waals surface area contributed by atoms with Gasteiger partial charge in [0.25, 0.3) is 5.69 Å². The Morgan fingerprint density at radius 1 is 1.05 bits per heavy atom. The van der Waals surface area contributed by atoms with E-state index in [0.29, 0.717) is 13.2 Å².